The lowest BCUT2D eigenvalue weighted by molar-refractivity contribution is 0.0595. The summed E-state index contributed by atoms with van der Waals surface area (Å²) in [6, 6.07) is 0. The van der Waals surface area contributed by atoms with Crippen LogP contribution in [0.4, 0.5) is 5.82 Å². The molecule has 0 bridgehead atoms. The predicted molar refractivity (Wildman–Crippen MR) is 73.9 cm³/mol. The Morgan fingerprint density at radius 2 is 2.37 bits per heavy atom. The highest BCUT2D eigenvalue weighted by Gasteiger charge is 2.20. The number of nitrogens with zero attached hydrogens (tertiary/aromatic N) is 2. The van der Waals surface area contributed by atoms with Crippen molar-refractivity contribution in [1.29, 1.82) is 0 Å². The Kier molecular flexibility index (Phi) is 4.24. The van der Waals surface area contributed by atoms with Gasteiger partial charge in [-0.1, -0.05) is 18.6 Å². The van der Waals surface area contributed by atoms with Gasteiger partial charge in [-0.15, -0.1) is 0 Å². The third kappa shape index (κ3) is 2.80. The number of carbonyl (C=O) groups is 1. The molecule has 1 aromatic rings. The van der Waals surface area contributed by atoms with E-state index in [0.717, 1.165) is 25.2 Å². The van der Waals surface area contributed by atoms with E-state index < -0.39 is 5.97 Å². The monoisotopic (exact) mass is 263 g/mol. The molecule has 0 saturated carbocycles. The Morgan fingerprint density at radius 1 is 1.58 bits per heavy atom. The maximum Gasteiger partial charge on any atom is 0.360 e. The van der Waals surface area contributed by atoms with Crippen molar-refractivity contribution in [2.24, 2.45) is 0 Å². The Bertz CT molecular complexity index is 503. The Hall–Kier alpha value is -1.78. The summed E-state index contributed by atoms with van der Waals surface area (Å²) >= 11 is 0. The second-order valence-corrected chi connectivity index (χ2v) is 4.76. The van der Waals surface area contributed by atoms with Crippen LogP contribution in [0.15, 0.2) is 11.6 Å². The summed E-state index contributed by atoms with van der Waals surface area (Å²) in [5, 5.41) is 0. The number of anilines is 1. The van der Waals surface area contributed by atoms with E-state index in [-0.39, 0.29) is 5.69 Å². The molecule has 1 aliphatic carbocycles. The lowest BCUT2D eigenvalue weighted by Gasteiger charge is -2.09. The van der Waals surface area contributed by atoms with E-state index in [2.05, 4.69) is 11.1 Å². The van der Waals surface area contributed by atoms with Gasteiger partial charge in [-0.3, -0.25) is 0 Å². The molecule has 5 heteroatoms. The molecule has 5 nitrogen and oxygen atoms in total. The molecule has 2 N–H and O–H groups in total. The molecule has 1 heterocycles. The zero-order chi connectivity index (χ0) is 13.8. The van der Waals surface area contributed by atoms with Crippen LogP contribution in [-0.4, -0.2) is 22.6 Å². The van der Waals surface area contributed by atoms with E-state index in [9.17, 15) is 4.79 Å². The smallest absolute Gasteiger partial charge is 0.360 e. The molecule has 19 heavy (non-hydrogen) atoms. The number of esters is 1. The Labute approximate surface area is 113 Å². The number of ether oxygens (including phenoxy) is 1. The summed E-state index contributed by atoms with van der Waals surface area (Å²) in [4.78, 5) is 15.9. The zero-order valence-electron chi connectivity index (χ0n) is 11.6. The van der Waals surface area contributed by atoms with Gasteiger partial charge in [-0.2, -0.15) is 0 Å². The first kappa shape index (κ1) is 13.6. The molecule has 2 rings (SSSR count). The van der Waals surface area contributed by atoms with E-state index in [0.29, 0.717) is 5.82 Å². The average Bonchev–Trinajstić information content (AvgIpc) is 3.03. The van der Waals surface area contributed by atoms with E-state index >= 15 is 0 Å². The number of nitrogens with two attached hydrogens (primary N) is 1. The molecule has 0 atom stereocenters. The summed E-state index contributed by atoms with van der Waals surface area (Å²) in [7, 11) is 1.34. The van der Waals surface area contributed by atoms with Gasteiger partial charge in [0.15, 0.2) is 5.69 Å². The summed E-state index contributed by atoms with van der Waals surface area (Å²) in [5.74, 6) is 0.796. The number of aryl methyl sites for hydroxylation is 1. The van der Waals surface area contributed by atoms with Crippen molar-refractivity contribution in [2.45, 2.75) is 45.6 Å². The molecular formula is C14H21N3O2. The number of nitrogen functional groups attached to an aromatic ring is 1. The molecule has 1 aliphatic rings. The maximum atomic E-state index is 11.6. The van der Waals surface area contributed by atoms with Crippen molar-refractivity contribution in [2.75, 3.05) is 12.8 Å². The fourth-order valence-electron chi connectivity index (χ4n) is 2.50. The van der Waals surface area contributed by atoms with Crippen molar-refractivity contribution in [3.8, 4) is 0 Å². The van der Waals surface area contributed by atoms with Crippen LogP contribution in [0, 0.1) is 0 Å². The van der Waals surface area contributed by atoms with Crippen molar-refractivity contribution in [1.82, 2.24) is 9.55 Å². The first-order valence-corrected chi connectivity index (χ1v) is 6.78. The molecule has 104 valence electrons. The number of allylic oxidation sites excluding steroid dienone is 2. The van der Waals surface area contributed by atoms with E-state index in [4.69, 9.17) is 10.5 Å². The number of aromatic nitrogens is 2. The number of carbonyl (C=O) groups excluding carboxylic acids is 1. The molecule has 1 aromatic heterocycles. The molecule has 0 unspecified atom stereocenters. The lowest BCUT2D eigenvalue weighted by Crippen LogP contribution is -2.09. The lowest BCUT2D eigenvalue weighted by atomic mass is 10.1. The Morgan fingerprint density at radius 3 is 2.95 bits per heavy atom. The van der Waals surface area contributed by atoms with Gasteiger partial charge in [0, 0.05) is 13.0 Å². The minimum absolute atomic E-state index is 0.236. The normalized spacial score (nSPS) is 14.5. The molecule has 0 radical (unpaired) electrons. The second kappa shape index (κ2) is 5.91. The average molecular weight is 263 g/mol. The standard InChI is InChI=1S/C14H21N3O2/c1-3-11-16-12(14(18)19-2)13(15)17(11)9-8-10-6-4-5-7-10/h6H,3-5,7-9,15H2,1-2H3. The summed E-state index contributed by atoms with van der Waals surface area (Å²) in [6.45, 7) is 2.79. The summed E-state index contributed by atoms with van der Waals surface area (Å²) in [5.41, 5.74) is 7.74. The van der Waals surface area contributed by atoms with Crippen molar-refractivity contribution in [3.05, 3.63) is 23.2 Å². The maximum absolute atomic E-state index is 11.6. The molecule has 0 fully saturated rings. The van der Waals surface area contributed by atoms with Gasteiger partial charge in [-0.05, 0) is 25.7 Å². The zero-order valence-corrected chi connectivity index (χ0v) is 11.6. The first-order chi connectivity index (χ1) is 9.17. The molecule has 0 saturated heterocycles. The fraction of sp³-hybridized carbons (Fsp3) is 0.571. The van der Waals surface area contributed by atoms with Gasteiger partial charge in [-0.25, -0.2) is 9.78 Å². The van der Waals surface area contributed by atoms with Crippen LogP contribution in [0.2, 0.25) is 0 Å². The number of imidazole rings is 1. The van der Waals surface area contributed by atoms with E-state index in [1.165, 1.54) is 31.9 Å². The van der Waals surface area contributed by atoms with Crippen molar-refractivity contribution < 1.29 is 9.53 Å². The fourth-order valence-corrected chi connectivity index (χ4v) is 2.50. The van der Waals surface area contributed by atoms with Crippen LogP contribution >= 0.6 is 0 Å². The van der Waals surface area contributed by atoms with E-state index in [1.54, 1.807) is 0 Å². The molecule has 0 spiro atoms. The van der Waals surface area contributed by atoms with Crippen LogP contribution < -0.4 is 5.73 Å². The van der Waals surface area contributed by atoms with Gasteiger partial charge in [0.2, 0.25) is 0 Å². The van der Waals surface area contributed by atoms with Crippen LogP contribution in [0.5, 0.6) is 0 Å². The molecule has 0 aliphatic heterocycles. The minimum atomic E-state index is -0.467. The summed E-state index contributed by atoms with van der Waals surface area (Å²) < 4.78 is 6.64. The van der Waals surface area contributed by atoms with Crippen LogP contribution in [0.3, 0.4) is 0 Å². The molecule has 0 amide bonds. The molecule has 0 aromatic carbocycles. The number of hydrogen-bond acceptors (Lipinski definition) is 4. The highest BCUT2D eigenvalue weighted by atomic mass is 16.5. The van der Waals surface area contributed by atoms with Gasteiger partial charge in [0.25, 0.3) is 0 Å². The van der Waals surface area contributed by atoms with Crippen molar-refractivity contribution in [3.63, 3.8) is 0 Å². The number of hydrogen-bond donors (Lipinski definition) is 1. The van der Waals surface area contributed by atoms with Crippen LogP contribution in [-0.2, 0) is 17.7 Å². The minimum Gasteiger partial charge on any atom is -0.464 e. The third-order valence-electron chi connectivity index (χ3n) is 3.57. The number of methoxy groups -OCH3 is 1. The third-order valence-corrected chi connectivity index (χ3v) is 3.57. The van der Waals surface area contributed by atoms with Crippen LogP contribution in [0.25, 0.3) is 0 Å². The van der Waals surface area contributed by atoms with Gasteiger partial charge < -0.3 is 15.0 Å². The second-order valence-electron chi connectivity index (χ2n) is 4.76. The van der Waals surface area contributed by atoms with Gasteiger partial charge in [0.1, 0.15) is 11.6 Å². The van der Waals surface area contributed by atoms with Crippen molar-refractivity contribution >= 4 is 11.8 Å². The number of rotatable bonds is 5. The summed E-state index contributed by atoms with van der Waals surface area (Å²) in [6.07, 6.45) is 7.65. The highest BCUT2D eigenvalue weighted by molar-refractivity contribution is 5.92. The molecular weight excluding hydrogens is 242 g/mol. The topological polar surface area (TPSA) is 70.1 Å². The van der Waals surface area contributed by atoms with Gasteiger partial charge in [0.05, 0.1) is 7.11 Å². The predicted octanol–water partition coefficient (Wildman–Crippen LogP) is 2.31. The van der Waals surface area contributed by atoms with Gasteiger partial charge >= 0.3 is 5.97 Å². The highest BCUT2D eigenvalue weighted by Crippen LogP contribution is 2.23. The van der Waals surface area contributed by atoms with E-state index in [1.807, 2.05) is 11.5 Å². The Balaban J connectivity index is 2.18. The first-order valence-electron chi connectivity index (χ1n) is 6.78. The quantitative estimate of drug-likeness (QED) is 0.653. The largest absolute Gasteiger partial charge is 0.464 e. The van der Waals surface area contributed by atoms with Crippen LogP contribution in [0.1, 0.15) is 48.9 Å². The SMILES string of the molecule is CCc1nc(C(=O)OC)c(N)n1CCC1=CCCC1.